The summed E-state index contributed by atoms with van der Waals surface area (Å²) in [6, 6.07) is 16.5. The largest absolute Gasteiger partial charge is 0.381 e. The van der Waals surface area contributed by atoms with Gasteiger partial charge in [-0.1, -0.05) is 48.0 Å². The van der Waals surface area contributed by atoms with Gasteiger partial charge in [0, 0.05) is 55.7 Å². The van der Waals surface area contributed by atoms with Crippen LogP contribution in [0.1, 0.15) is 46.8 Å². The lowest BCUT2D eigenvalue weighted by molar-refractivity contribution is -0.135. The molecular weight excluding hydrogens is 500 g/mol. The van der Waals surface area contributed by atoms with Crippen LogP contribution in [-0.2, 0) is 29.0 Å². The molecule has 1 N–H and O–H groups in total. The minimum absolute atomic E-state index is 0.0191. The van der Waals surface area contributed by atoms with E-state index in [0.29, 0.717) is 29.7 Å². The number of pyridine rings is 1. The zero-order valence-electron chi connectivity index (χ0n) is 21.5. The third kappa shape index (κ3) is 4.88. The van der Waals surface area contributed by atoms with Crippen LogP contribution in [-0.4, -0.2) is 58.4 Å². The first-order valence-electron chi connectivity index (χ1n) is 13.2. The summed E-state index contributed by atoms with van der Waals surface area (Å²) in [6.45, 7) is 4.65. The fourth-order valence-corrected chi connectivity index (χ4v) is 5.93. The van der Waals surface area contributed by atoms with Gasteiger partial charge in [0.1, 0.15) is 12.4 Å². The first-order valence-corrected chi connectivity index (χ1v) is 13.6. The number of hydrogen-bond acceptors (Lipinski definition) is 5. The smallest absolute Gasteiger partial charge is 0.254 e. The standard InChI is InChI=1S/C30H31ClN4O3/c1-19-12-20-4-2-3-5-22(20)17-35(19)29(36)18-34-16-23-7-6-21(13-26(23)30(34)37)25-14-28(32-15-27(25)31)33-24-8-10-38-11-9-24/h2-7,13-15,19,24H,8-12,16-18H2,1H3,(H,32,33)/t19-/m0/s1. The summed E-state index contributed by atoms with van der Waals surface area (Å²) < 4.78 is 5.45. The van der Waals surface area contributed by atoms with Crippen LogP contribution in [0.15, 0.2) is 54.7 Å². The van der Waals surface area contributed by atoms with Crippen molar-refractivity contribution in [1.29, 1.82) is 0 Å². The van der Waals surface area contributed by atoms with E-state index in [1.807, 2.05) is 41.3 Å². The van der Waals surface area contributed by atoms with Crippen molar-refractivity contribution in [3.63, 3.8) is 0 Å². The van der Waals surface area contributed by atoms with Gasteiger partial charge in [0.25, 0.3) is 5.91 Å². The summed E-state index contributed by atoms with van der Waals surface area (Å²) in [5.41, 5.74) is 5.70. The maximum Gasteiger partial charge on any atom is 0.254 e. The predicted octanol–water partition coefficient (Wildman–Crippen LogP) is 4.92. The molecule has 38 heavy (non-hydrogen) atoms. The summed E-state index contributed by atoms with van der Waals surface area (Å²) in [5, 5.41) is 4.01. The zero-order valence-corrected chi connectivity index (χ0v) is 22.2. The Kier molecular flexibility index (Phi) is 6.80. The van der Waals surface area contributed by atoms with E-state index in [1.165, 1.54) is 11.1 Å². The minimum Gasteiger partial charge on any atom is -0.381 e. The first-order chi connectivity index (χ1) is 18.5. The van der Waals surface area contributed by atoms with Crippen molar-refractivity contribution < 1.29 is 14.3 Å². The van der Waals surface area contributed by atoms with Crippen LogP contribution in [0.3, 0.4) is 0 Å². The number of benzene rings is 2. The lowest BCUT2D eigenvalue weighted by Crippen LogP contribution is -2.47. The van der Waals surface area contributed by atoms with Gasteiger partial charge < -0.3 is 19.9 Å². The Labute approximate surface area is 227 Å². The van der Waals surface area contributed by atoms with E-state index in [4.69, 9.17) is 16.3 Å². The van der Waals surface area contributed by atoms with E-state index < -0.39 is 0 Å². The fraction of sp³-hybridized carbons (Fsp3) is 0.367. The number of anilines is 1. The molecule has 3 aliphatic heterocycles. The number of carbonyl (C=O) groups is 2. The molecule has 4 heterocycles. The summed E-state index contributed by atoms with van der Waals surface area (Å²) in [4.78, 5) is 34.7. The Balaban J connectivity index is 1.17. The number of amides is 2. The van der Waals surface area contributed by atoms with Gasteiger partial charge in [-0.25, -0.2) is 4.98 Å². The monoisotopic (exact) mass is 530 g/mol. The van der Waals surface area contributed by atoms with Gasteiger partial charge in [0.2, 0.25) is 5.91 Å². The Hall–Kier alpha value is -3.42. The Morgan fingerprint density at radius 3 is 2.66 bits per heavy atom. The van der Waals surface area contributed by atoms with Crippen molar-refractivity contribution in [2.24, 2.45) is 0 Å². The number of rotatable bonds is 5. The summed E-state index contributed by atoms with van der Waals surface area (Å²) in [6.07, 6.45) is 4.35. The molecule has 6 rings (SSSR count). The number of ether oxygens (including phenoxy) is 1. The van der Waals surface area contributed by atoms with E-state index in [2.05, 4.69) is 29.4 Å². The number of halogens is 1. The lowest BCUT2D eigenvalue weighted by Gasteiger charge is -2.35. The van der Waals surface area contributed by atoms with Crippen molar-refractivity contribution in [2.75, 3.05) is 25.1 Å². The second-order valence-electron chi connectivity index (χ2n) is 10.5. The molecule has 1 aromatic heterocycles. The first kappa shape index (κ1) is 24.9. The Morgan fingerprint density at radius 2 is 1.84 bits per heavy atom. The molecule has 1 saturated heterocycles. The maximum absolute atomic E-state index is 13.4. The maximum atomic E-state index is 13.4. The average molecular weight is 531 g/mol. The molecule has 8 heteroatoms. The third-order valence-corrected chi connectivity index (χ3v) is 8.18. The summed E-state index contributed by atoms with van der Waals surface area (Å²) >= 11 is 6.54. The molecule has 0 aliphatic carbocycles. The van der Waals surface area contributed by atoms with Crippen molar-refractivity contribution in [1.82, 2.24) is 14.8 Å². The van der Waals surface area contributed by atoms with Crippen LogP contribution in [0.25, 0.3) is 11.1 Å². The van der Waals surface area contributed by atoms with Crippen molar-refractivity contribution in [2.45, 2.75) is 51.4 Å². The van der Waals surface area contributed by atoms with Crippen molar-refractivity contribution in [3.8, 4) is 11.1 Å². The number of fused-ring (bicyclic) bond motifs is 2. The number of nitrogens with zero attached hydrogens (tertiary/aromatic N) is 3. The van der Waals surface area contributed by atoms with E-state index in [9.17, 15) is 9.59 Å². The molecule has 0 unspecified atom stereocenters. The molecule has 0 radical (unpaired) electrons. The van der Waals surface area contributed by atoms with E-state index in [0.717, 1.165) is 55.0 Å². The summed E-state index contributed by atoms with van der Waals surface area (Å²) in [7, 11) is 0. The van der Waals surface area contributed by atoms with Crippen LogP contribution in [0.4, 0.5) is 5.82 Å². The minimum atomic E-state index is -0.119. The molecule has 7 nitrogen and oxygen atoms in total. The predicted molar refractivity (Wildman–Crippen MR) is 147 cm³/mol. The number of nitrogens with one attached hydrogen (secondary N) is 1. The average Bonchev–Trinajstić information content (AvgIpc) is 3.24. The SMILES string of the molecule is C[C@H]1Cc2ccccc2CN1C(=O)CN1Cc2ccc(-c3cc(NC4CCOCC4)ncc3Cl)cc2C1=O. The molecule has 196 valence electrons. The Morgan fingerprint density at radius 1 is 1.05 bits per heavy atom. The van der Waals surface area contributed by atoms with E-state index >= 15 is 0 Å². The number of carbonyl (C=O) groups excluding carboxylic acids is 2. The van der Waals surface area contributed by atoms with Gasteiger partial charge in [0.15, 0.2) is 0 Å². The van der Waals surface area contributed by atoms with Gasteiger partial charge in [-0.2, -0.15) is 0 Å². The lowest BCUT2D eigenvalue weighted by atomic mass is 9.95. The zero-order chi connectivity index (χ0) is 26.2. The van der Waals surface area contributed by atoms with Gasteiger partial charge >= 0.3 is 0 Å². The highest BCUT2D eigenvalue weighted by Gasteiger charge is 2.33. The van der Waals surface area contributed by atoms with Crippen LogP contribution >= 0.6 is 11.6 Å². The van der Waals surface area contributed by atoms with Gasteiger partial charge in [0.05, 0.1) is 5.02 Å². The normalized spacial score (nSPS) is 19.3. The summed E-state index contributed by atoms with van der Waals surface area (Å²) in [5.74, 6) is 0.618. The fourth-order valence-electron chi connectivity index (χ4n) is 5.71. The molecule has 3 aliphatic rings. The second-order valence-corrected chi connectivity index (χ2v) is 10.9. The van der Waals surface area contributed by atoms with Crippen LogP contribution in [0, 0.1) is 0 Å². The molecule has 2 aromatic carbocycles. The molecular formula is C30H31ClN4O3. The van der Waals surface area contributed by atoms with E-state index in [-0.39, 0.29) is 24.4 Å². The van der Waals surface area contributed by atoms with Crippen LogP contribution in [0.2, 0.25) is 5.02 Å². The van der Waals surface area contributed by atoms with Crippen LogP contribution in [0.5, 0.6) is 0 Å². The third-order valence-electron chi connectivity index (χ3n) is 7.88. The van der Waals surface area contributed by atoms with Crippen molar-refractivity contribution in [3.05, 3.63) is 82.0 Å². The van der Waals surface area contributed by atoms with Gasteiger partial charge in [-0.3, -0.25) is 9.59 Å². The van der Waals surface area contributed by atoms with Crippen LogP contribution < -0.4 is 5.32 Å². The highest BCUT2D eigenvalue weighted by molar-refractivity contribution is 6.33. The molecule has 1 atom stereocenters. The Bertz CT molecular complexity index is 1390. The second kappa shape index (κ2) is 10.4. The van der Waals surface area contributed by atoms with Gasteiger partial charge in [-0.15, -0.1) is 0 Å². The molecule has 0 spiro atoms. The van der Waals surface area contributed by atoms with E-state index in [1.54, 1.807) is 11.1 Å². The molecule has 2 amide bonds. The number of aromatic nitrogens is 1. The topological polar surface area (TPSA) is 74.8 Å². The number of hydrogen-bond donors (Lipinski definition) is 1. The van der Waals surface area contributed by atoms with Crippen molar-refractivity contribution >= 4 is 29.2 Å². The highest BCUT2D eigenvalue weighted by Crippen LogP contribution is 2.34. The quantitative estimate of drug-likeness (QED) is 0.506. The molecule has 0 bridgehead atoms. The highest BCUT2D eigenvalue weighted by atomic mass is 35.5. The molecule has 1 fully saturated rings. The van der Waals surface area contributed by atoms with Gasteiger partial charge in [-0.05, 0) is 60.6 Å². The molecule has 3 aromatic rings. The molecule has 0 saturated carbocycles.